The van der Waals surface area contributed by atoms with Crippen molar-refractivity contribution in [3.8, 4) is 0 Å². The highest BCUT2D eigenvalue weighted by molar-refractivity contribution is 7.88. The van der Waals surface area contributed by atoms with Gasteiger partial charge in [-0.3, -0.25) is 0 Å². The Morgan fingerprint density at radius 1 is 1.33 bits per heavy atom. The van der Waals surface area contributed by atoms with Crippen molar-refractivity contribution in [1.82, 2.24) is 4.31 Å². The van der Waals surface area contributed by atoms with E-state index in [1.807, 2.05) is 13.8 Å². The van der Waals surface area contributed by atoms with Crippen LogP contribution in [0.1, 0.15) is 13.8 Å². The van der Waals surface area contributed by atoms with Gasteiger partial charge in [0.25, 0.3) is 0 Å². The third kappa shape index (κ3) is 6.83. The molecule has 0 rings (SSSR count). The van der Waals surface area contributed by atoms with Crippen LogP contribution in [0, 0.1) is 0 Å². The molecule has 0 amide bonds. The summed E-state index contributed by atoms with van der Waals surface area (Å²) in [6, 6.07) is 0. The Morgan fingerprint density at radius 2 is 1.87 bits per heavy atom. The summed E-state index contributed by atoms with van der Waals surface area (Å²) in [4.78, 5) is 0. The topological polar surface area (TPSA) is 55.8 Å². The number of likely N-dealkylation sites (N-methyl/N-ethyl adjacent to an activating group) is 1. The van der Waals surface area contributed by atoms with Crippen LogP contribution in [0.5, 0.6) is 0 Å². The third-order valence-electron chi connectivity index (χ3n) is 1.84. The maximum absolute atomic E-state index is 11.2. The van der Waals surface area contributed by atoms with Gasteiger partial charge in [-0.1, -0.05) is 0 Å². The van der Waals surface area contributed by atoms with Crippen molar-refractivity contribution in [2.45, 2.75) is 26.1 Å². The van der Waals surface area contributed by atoms with E-state index in [4.69, 9.17) is 9.47 Å². The number of hydrogen-bond donors (Lipinski definition) is 0. The molecule has 0 aromatic carbocycles. The lowest BCUT2D eigenvalue weighted by molar-refractivity contribution is -0.0387. The van der Waals surface area contributed by atoms with E-state index in [2.05, 4.69) is 0 Å². The van der Waals surface area contributed by atoms with Crippen molar-refractivity contribution >= 4 is 10.0 Å². The van der Waals surface area contributed by atoms with E-state index in [0.29, 0.717) is 13.2 Å². The van der Waals surface area contributed by atoms with Crippen molar-refractivity contribution in [2.75, 3.05) is 33.6 Å². The third-order valence-corrected chi connectivity index (χ3v) is 3.13. The maximum atomic E-state index is 11.2. The van der Waals surface area contributed by atoms with Crippen molar-refractivity contribution < 1.29 is 17.9 Å². The van der Waals surface area contributed by atoms with Gasteiger partial charge in [-0.05, 0) is 13.8 Å². The first-order valence-corrected chi connectivity index (χ1v) is 6.68. The van der Waals surface area contributed by atoms with Gasteiger partial charge in [0.2, 0.25) is 10.0 Å². The molecule has 0 aliphatic heterocycles. The van der Waals surface area contributed by atoms with Gasteiger partial charge in [0.15, 0.2) is 0 Å². The first-order chi connectivity index (χ1) is 6.77. The highest BCUT2D eigenvalue weighted by atomic mass is 32.2. The second kappa shape index (κ2) is 6.42. The summed E-state index contributed by atoms with van der Waals surface area (Å²) in [6.07, 6.45) is 1.000. The molecule has 1 atom stereocenters. The van der Waals surface area contributed by atoms with E-state index in [1.54, 1.807) is 7.11 Å². The van der Waals surface area contributed by atoms with Crippen LogP contribution in [-0.2, 0) is 19.5 Å². The maximum Gasteiger partial charge on any atom is 0.211 e. The Balaban J connectivity index is 4.28. The van der Waals surface area contributed by atoms with Crippen LogP contribution in [0.4, 0.5) is 0 Å². The minimum atomic E-state index is -3.15. The van der Waals surface area contributed by atoms with E-state index >= 15 is 0 Å². The second-order valence-corrected chi connectivity index (χ2v) is 5.90. The molecule has 0 saturated carbocycles. The normalized spacial score (nSPS) is 14.9. The molecule has 5 nitrogen and oxygen atoms in total. The zero-order valence-electron chi connectivity index (χ0n) is 10.1. The van der Waals surface area contributed by atoms with Crippen molar-refractivity contribution in [3.63, 3.8) is 0 Å². The predicted octanol–water partition coefficient (Wildman–Crippen LogP) is 0.318. The van der Waals surface area contributed by atoms with Crippen LogP contribution >= 0.6 is 0 Å². The summed E-state index contributed by atoms with van der Waals surface area (Å²) in [7, 11) is -0.0582. The quantitative estimate of drug-likeness (QED) is 0.642. The Kier molecular flexibility index (Phi) is 6.35. The zero-order valence-corrected chi connectivity index (χ0v) is 10.9. The van der Waals surface area contributed by atoms with E-state index in [0.717, 1.165) is 0 Å². The summed E-state index contributed by atoms with van der Waals surface area (Å²) in [5.41, 5.74) is 0. The highest BCUT2D eigenvalue weighted by Crippen LogP contribution is 2.03. The SMILES string of the molecule is COC[C@H](CN(C)S(C)(=O)=O)OC(C)C. The van der Waals surface area contributed by atoms with Crippen molar-refractivity contribution in [1.29, 1.82) is 0 Å². The first-order valence-electron chi connectivity index (χ1n) is 4.83. The molecular weight excluding hydrogens is 218 g/mol. The average Bonchev–Trinajstić information content (AvgIpc) is 2.01. The molecule has 0 aliphatic rings. The van der Waals surface area contributed by atoms with Crippen molar-refractivity contribution in [3.05, 3.63) is 0 Å². The van der Waals surface area contributed by atoms with E-state index in [9.17, 15) is 8.42 Å². The van der Waals surface area contributed by atoms with Crippen LogP contribution in [0.3, 0.4) is 0 Å². The monoisotopic (exact) mass is 239 g/mol. The Morgan fingerprint density at radius 3 is 2.20 bits per heavy atom. The minimum Gasteiger partial charge on any atom is -0.382 e. The van der Waals surface area contributed by atoms with Gasteiger partial charge in [0.1, 0.15) is 0 Å². The molecule has 0 N–H and O–H groups in total. The largest absolute Gasteiger partial charge is 0.382 e. The van der Waals surface area contributed by atoms with Crippen LogP contribution in [0.2, 0.25) is 0 Å². The van der Waals surface area contributed by atoms with E-state index < -0.39 is 10.0 Å². The number of ether oxygens (including phenoxy) is 2. The number of rotatable bonds is 7. The minimum absolute atomic E-state index is 0.0538. The Labute approximate surface area is 92.4 Å². The lowest BCUT2D eigenvalue weighted by Crippen LogP contribution is -2.38. The van der Waals surface area contributed by atoms with Gasteiger partial charge in [-0.25, -0.2) is 12.7 Å². The van der Waals surface area contributed by atoms with Crippen molar-refractivity contribution in [2.24, 2.45) is 0 Å². The zero-order chi connectivity index (χ0) is 12.1. The molecule has 0 saturated heterocycles. The number of sulfonamides is 1. The lowest BCUT2D eigenvalue weighted by Gasteiger charge is -2.24. The first kappa shape index (κ1) is 14.8. The van der Waals surface area contributed by atoms with Crippen LogP contribution in [0.25, 0.3) is 0 Å². The van der Waals surface area contributed by atoms with Gasteiger partial charge in [0.05, 0.1) is 25.1 Å². The average molecular weight is 239 g/mol. The van der Waals surface area contributed by atoms with Crippen LogP contribution < -0.4 is 0 Å². The summed E-state index contributed by atoms with van der Waals surface area (Å²) < 4.78 is 34.1. The fourth-order valence-electron chi connectivity index (χ4n) is 1.13. The van der Waals surface area contributed by atoms with E-state index in [-0.39, 0.29) is 12.2 Å². The van der Waals surface area contributed by atoms with Gasteiger partial charge in [-0.2, -0.15) is 0 Å². The molecule has 0 bridgehead atoms. The molecule has 92 valence electrons. The molecule has 0 aromatic rings. The Bertz CT molecular complexity index is 263. The fourth-order valence-corrected chi connectivity index (χ4v) is 1.57. The Hall–Kier alpha value is -0.170. The fraction of sp³-hybridized carbons (Fsp3) is 1.00. The molecule has 6 heteroatoms. The predicted molar refractivity (Wildman–Crippen MR) is 59.4 cm³/mol. The molecule has 0 unspecified atom stereocenters. The summed E-state index contributed by atoms with van der Waals surface area (Å²) >= 11 is 0. The highest BCUT2D eigenvalue weighted by Gasteiger charge is 2.18. The van der Waals surface area contributed by atoms with Gasteiger partial charge in [-0.15, -0.1) is 0 Å². The second-order valence-electron chi connectivity index (χ2n) is 3.81. The molecule has 0 aromatic heterocycles. The van der Waals surface area contributed by atoms with Crippen LogP contribution in [0.15, 0.2) is 0 Å². The molecule has 0 fully saturated rings. The number of methoxy groups -OCH3 is 1. The lowest BCUT2D eigenvalue weighted by atomic mass is 10.3. The van der Waals surface area contributed by atoms with Gasteiger partial charge >= 0.3 is 0 Å². The molecule has 15 heavy (non-hydrogen) atoms. The molecule has 0 heterocycles. The summed E-state index contributed by atoms with van der Waals surface area (Å²) in [5, 5.41) is 0. The smallest absolute Gasteiger partial charge is 0.211 e. The molecule has 0 spiro atoms. The van der Waals surface area contributed by atoms with Crippen LogP contribution in [-0.4, -0.2) is 58.5 Å². The van der Waals surface area contributed by atoms with Gasteiger partial charge < -0.3 is 9.47 Å². The summed E-state index contributed by atoms with van der Waals surface area (Å²) in [5.74, 6) is 0. The molecular formula is C9H21NO4S. The number of hydrogen-bond acceptors (Lipinski definition) is 4. The van der Waals surface area contributed by atoms with E-state index in [1.165, 1.54) is 17.6 Å². The molecule has 0 aliphatic carbocycles. The van der Waals surface area contributed by atoms with Gasteiger partial charge in [0, 0.05) is 20.7 Å². The molecule has 0 radical (unpaired) electrons. The standard InChI is InChI=1S/C9H21NO4S/c1-8(2)14-9(7-13-4)6-10(3)15(5,11)12/h8-9H,6-7H2,1-5H3/t9-/m0/s1. The summed E-state index contributed by atoms with van der Waals surface area (Å²) in [6.45, 7) is 4.51. The number of nitrogens with zero attached hydrogens (tertiary/aromatic N) is 1.